The van der Waals surface area contributed by atoms with Gasteiger partial charge in [-0.2, -0.15) is 5.10 Å². The number of hydrogen-bond acceptors (Lipinski definition) is 3. The second kappa shape index (κ2) is 4.49. The molecule has 0 fully saturated rings. The molecule has 2 N–H and O–H groups in total. The lowest BCUT2D eigenvalue weighted by atomic mass is 10.2. The molecule has 16 heavy (non-hydrogen) atoms. The van der Waals surface area contributed by atoms with Crippen molar-refractivity contribution in [3.63, 3.8) is 0 Å². The van der Waals surface area contributed by atoms with Crippen LogP contribution >= 0.6 is 11.3 Å². The number of carbonyl (C=O) groups excluding carboxylic acids is 1. The third-order valence-electron chi connectivity index (χ3n) is 2.38. The zero-order valence-electron chi connectivity index (χ0n) is 9.20. The number of aromatic amines is 1. The highest BCUT2D eigenvalue weighted by atomic mass is 32.1. The van der Waals surface area contributed by atoms with Crippen LogP contribution in [0.1, 0.15) is 27.0 Å². The number of H-pyrrole nitrogens is 1. The number of rotatable bonds is 3. The first-order chi connectivity index (χ1) is 7.70. The summed E-state index contributed by atoms with van der Waals surface area (Å²) in [4.78, 5) is 13.8. The Morgan fingerprint density at radius 2 is 2.44 bits per heavy atom. The Morgan fingerprint density at radius 1 is 1.62 bits per heavy atom. The van der Waals surface area contributed by atoms with Crippen LogP contribution in [0.3, 0.4) is 0 Å². The van der Waals surface area contributed by atoms with Crippen LogP contribution in [0, 0.1) is 6.92 Å². The zero-order valence-corrected chi connectivity index (χ0v) is 10.0. The van der Waals surface area contributed by atoms with E-state index in [9.17, 15) is 4.79 Å². The topological polar surface area (TPSA) is 57.8 Å². The summed E-state index contributed by atoms with van der Waals surface area (Å²) < 4.78 is 0. The number of carbonyl (C=O) groups is 1. The van der Waals surface area contributed by atoms with E-state index < -0.39 is 0 Å². The van der Waals surface area contributed by atoms with Gasteiger partial charge in [-0.15, -0.1) is 11.3 Å². The zero-order chi connectivity index (χ0) is 11.5. The van der Waals surface area contributed by atoms with E-state index in [4.69, 9.17) is 0 Å². The molecule has 2 aromatic rings. The predicted octanol–water partition coefficient (Wildman–Crippen LogP) is 2.59. The second-order valence-electron chi connectivity index (χ2n) is 3.49. The van der Waals surface area contributed by atoms with Crippen molar-refractivity contribution >= 4 is 22.9 Å². The van der Waals surface area contributed by atoms with E-state index in [0.717, 1.165) is 11.3 Å². The average Bonchev–Trinajstić information content (AvgIpc) is 2.87. The van der Waals surface area contributed by atoms with Gasteiger partial charge in [0.05, 0.1) is 16.8 Å². The predicted molar refractivity (Wildman–Crippen MR) is 65.0 cm³/mol. The lowest BCUT2D eigenvalue weighted by Crippen LogP contribution is -2.09. The molecule has 0 aliphatic heterocycles. The molecule has 4 nitrogen and oxygen atoms in total. The molecule has 84 valence electrons. The SMILES string of the molecule is CCc1cc(C(=O)Nc2cn[nH]c2)sc1C. The molecule has 0 bridgehead atoms. The van der Waals surface area contributed by atoms with E-state index in [2.05, 4.69) is 22.4 Å². The highest BCUT2D eigenvalue weighted by Crippen LogP contribution is 2.22. The molecule has 2 rings (SSSR count). The van der Waals surface area contributed by atoms with Crippen molar-refractivity contribution in [2.45, 2.75) is 20.3 Å². The number of nitrogens with zero attached hydrogens (tertiary/aromatic N) is 1. The van der Waals surface area contributed by atoms with Crippen LogP contribution in [0.25, 0.3) is 0 Å². The van der Waals surface area contributed by atoms with Gasteiger partial charge in [0.15, 0.2) is 0 Å². The second-order valence-corrected chi connectivity index (χ2v) is 4.74. The van der Waals surface area contributed by atoms with E-state index >= 15 is 0 Å². The standard InChI is InChI=1S/C11H13N3OS/c1-3-8-4-10(16-7(8)2)11(15)14-9-5-12-13-6-9/h4-6H,3H2,1-2H3,(H,12,13)(H,14,15). The molecule has 0 aromatic carbocycles. The number of hydrogen-bond donors (Lipinski definition) is 2. The summed E-state index contributed by atoms with van der Waals surface area (Å²) in [6.07, 6.45) is 4.19. The Morgan fingerprint density at radius 3 is 3.00 bits per heavy atom. The lowest BCUT2D eigenvalue weighted by Gasteiger charge is -1.97. The van der Waals surface area contributed by atoms with E-state index in [1.165, 1.54) is 21.8 Å². The van der Waals surface area contributed by atoms with Crippen LogP contribution in [0.4, 0.5) is 5.69 Å². The summed E-state index contributed by atoms with van der Waals surface area (Å²) in [5.74, 6) is -0.0748. The molecule has 2 heterocycles. The van der Waals surface area contributed by atoms with Crippen LogP contribution in [-0.4, -0.2) is 16.1 Å². The molecule has 0 atom stereocenters. The Balaban J connectivity index is 2.15. The highest BCUT2D eigenvalue weighted by Gasteiger charge is 2.11. The van der Waals surface area contributed by atoms with Crippen molar-refractivity contribution < 1.29 is 4.79 Å². The van der Waals surface area contributed by atoms with Gasteiger partial charge in [-0.1, -0.05) is 6.92 Å². The molecule has 5 heteroatoms. The van der Waals surface area contributed by atoms with Gasteiger partial charge < -0.3 is 5.32 Å². The summed E-state index contributed by atoms with van der Waals surface area (Å²) in [5.41, 5.74) is 1.93. The minimum Gasteiger partial charge on any atom is -0.319 e. The first-order valence-electron chi connectivity index (χ1n) is 5.10. The van der Waals surface area contributed by atoms with Gasteiger partial charge in [-0.25, -0.2) is 0 Å². The number of amides is 1. The molecule has 0 radical (unpaired) electrons. The number of aryl methyl sites for hydroxylation is 2. The van der Waals surface area contributed by atoms with Crippen LogP contribution < -0.4 is 5.32 Å². The fourth-order valence-corrected chi connectivity index (χ4v) is 2.50. The number of thiophene rings is 1. The normalized spacial score (nSPS) is 10.4. The molecular weight excluding hydrogens is 222 g/mol. The molecule has 0 saturated heterocycles. The molecule has 2 aromatic heterocycles. The lowest BCUT2D eigenvalue weighted by molar-refractivity contribution is 0.103. The van der Waals surface area contributed by atoms with Gasteiger partial charge in [0, 0.05) is 11.1 Å². The van der Waals surface area contributed by atoms with E-state index in [1.807, 2.05) is 13.0 Å². The van der Waals surface area contributed by atoms with Crippen molar-refractivity contribution in [2.75, 3.05) is 5.32 Å². The Kier molecular flexibility index (Phi) is 3.05. The third kappa shape index (κ3) is 2.14. The monoisotopic (exact) mass is 235 g/mol. The molecule has 0 unspecified atom stereocenters. The highest BCUT2D eigenvalue weighted by molar-refractivity contribution is 7.14. The van der Waals surface area contributed by atoms with Crippen LogP contribution in [0.5, 0.6) is 0 Å². The van der Waals surface area contributed by atoms with Crippen molar-refractivity contribution in [2.24, 2.45) is 0 Å². The molecule has 0 aliphatic rings. The van der Waals surface area contributed by atoms with Gasteiger partial charge in [0.25, 0.3) is 5.91 Å². The summed E-state index contributed by atoms with van der Waals surface area (Å²) in [6, 6.07) is 1.95. The first-order valence-corrected chi connectivity index (χ1v) is 5.91. The van der Waals surface area contributed by atoms with Gasteiger partial charge in [-0.05, 0) is 25.0 Å². The largest absolute Gasteiger partial charge is 0.319 e. The van der Waals surface area contributed by atoms with Crippen molar-refractivity contribution in [1.82, 2.24) is 10.2 Å². The van der Waals surface area contributed by atoms with Gasteiger partial charge in [0.1, 0.15) is 0 Å². The van der Waals surface area contributed by atoms with E-state index in [-0.39, 0.29) is 5.91 Å². The minimum atomic E-state index is -0.0748. The maximum atomic E-state index is 11.9. The van der Waals surface area contributed by atoms with Gasteiger partial charge in [0.2, 0.25) is 0 Å². The molecule has 1 amide bonds. The van der Waals surface area contributed by atoms with Crippen molar-refractivity contribution in [3.05, 3.63) is 33.8 Å². The fourth-order valence-electron chi connectivity index (χ4n) is 1.49. The number of aromatic nitrogens is 2. The summed E-state index contributed by atoms with van der Waals surface area (Å²) in [7, 11) is 0. The van der Waals surface area contributed by atoms with Crippen LogP contribution in [0.2, 0.25) is 0 Å². The maximum absolute atomic E-state index is 11.9. The number of nitrogens with one attached hydrogen (secondary N) is 2. The third-order valence-corrected chi connectivity index (χ3v) is 3.47. The smallest absolute Gasteiger partial charge is 0.265 e. The van der Waals surface area contributed by atoms with Crippen LogP contribution in [-0.2, 0) is 6.42 Å². The van der Waals surface area contributed by atoms with Crippen molar-refractivity contribution in [3.8, 4) is 0 Å². The molecule has 0 spiro atoms. The molecule has 0 aliphatic carbocycles. The maximum Gasteiger partial charge on any atom is 0.265 e. The van der Waals surface area contributed by atoms with Crippen LogP contribution in [0.15, 0.2) is 18.5 Å². The Bertz CT molecular complexity index is 487. The molecule has 0 saturated carbocycles. The Hall–Kier alpha value is -1.62. The van der Waals surface area contributed by atoms with E-state index in [0.29, 0.717) is 5.69 Å². The van der Waals surface area contributed by atoms with Gasteiger partial charge >= 0.3 is 0 Å². The van der Waals surface area contributed by atoms with Gasteiger partial charge in [-0.3, -0.25) is 9.89 Å². The number of anilines is 1. The summed E-state index contributed by atoms with van der Waals surface area (Å²) >= 11 is 1.53. The summed E-state index contributed by atoms with van der Waals surface area (Å²) in [6.45, 7) is 4.13. The first kappa shape index (κ1) is 10.9. The molecular formula is C11H13N3OS. The van der Waals surface area contributed by atoms with Crippen molar-refractivity contribution in [1.29, 1.82) is 0 Å². The Labute approximate surface area is 97.7 Å². The average molecular weight is 235 g/mol. The quantitative estimate of drug-likeness (QED) is 0.859. The fraction of sp³-hybridized carbons (Fsp3) is 0.273. The summed E-state index contributed by atoms with van der Waals surface area (Å²) in [5, 5.41) is 9.21. The minimum absolute atomic E-state index is 0.0748. The van der Waals surface area contributed by atoms with E-state index in [1.54, 1.807) is 12.4 Å².